The summed E-state index contributed by atoms with van der Waals surface area (Å²) in [4.78, 5) is 0. The van der Waals surface area contributed by atoms with Crippen LogP contribution in [0.3, 0.4) is 0 Å². The van der Waals surface area contributed by atoms with Crippen LogP contribution >= 0.6 is 0 Å². The van der Waals surface area contributed by atoms with Crippen LogP contribution in [0.15, 0.2) is 6.07 Å². The van der Waals surface area contributed by atoms with Gasteiger partial charge in [0.25, 0.3) is 0 Å². The lowest BCUT2D eigenvalue weighted by Crippen LogP contribution is -2.19. The summed E-state index contributed by atoms with van der Waals surface area (Å²) in [5.74, 6) is -0.142. The summed E-state index contributed by atoms with van der Waals surface area (Å²) in [5, 5.41) is 3.36. The molecule has 0 saturated heterocycles. The molecule has 0 spiro atoms. The fraction of sp³-hybridized carbons (Fsp3) is 0.500. The molecule has 0 aliphatic heterocycles. The molecule has 0 fully saturated rings. The van der Waals surface area contributed by atoms with E-state index >= 15 is 0 Å². The van der Waals surface area contributed by atoms with Crippen molar-refractivity contribution >= 4 is 5.82 Å². The summed E-state index contributed by atoms with van der Waals surface area (Å²) in [6.07, 6.45) is -4.27. The lowest BCUT2D eigenvalue weighted by atomic mass is 10.4. The molecule has 0 saturated carbocycles. The van der Waals surface area contributed by atoms with E-state index in [4.69, 9.17) is 5.73 Å². The van der Waals surface area contributed by atoms with Crippen molar-refractivity contribution in [1.29, 1.82) is 0 Å². The van der Waals surface area contributed by atoms with Gasteiger partial charge < -0.3 is 15.5 Å². The van der Waals surface area contributed by atoms with E-state index in [2.05, 4.69) is 5.10 Å². The molecule has 12 heavy (non-hydrogen) atoms. The molecule has 1 aromatic heterocycles. The SMILES string of the molecule is Cc1cc([NH-])nn1CC(F)(F)F. The average molecular weight is 178 g/mol. The Hall–Kier alpha value is -1.20. The highest BCUT2D eigenvalue weighted by Gasteiger charge is 2.27. The Morgan fingerprint density at radius 1 is 1.58 bits per heavy atom. The summed E-state index contributed by atoms with van der Waals surface area (Å²) in [6.45, 7) is 0.356. The van der Waals surface area contributed by atoms with E-state index < -0.39 is 12.7 Å². The second kappa shape index (κ2) is 2.69. The van der Waals surface area contributed by atoms with Gasteiger partial charge in [-0.05, 0) is 18.8 Å². The molecular formula is C6H7F3N3-. The monoisotopic (exact) mass is 178 g/mol. The van der Waals surface area contributed by atoms with Crippen LogP contribution in [0.1, 0.15) is 5.69 Å². The predicted molar refractivity (Wildman–Crippen MR) is 37.0 cm³/mol. The Balaban J connectivity index is 2.82. The zero-order valence-corrected chi connectivity index (χ0v) is 6.31. The smallest absolute Gasteiger partial charge is 0.406 e. The van der Waals surface area contributed by atoms with Crippen LogP contribution in [-0.4, -0.2) is 16.0 Å². The maximum absolute atomic E-state index is 11.8. The van der Waals surface area contributed by atoms with Crippen molar-refractivity contribution in [3.8, 4) is 0 Å². The van der Waals surface area contributed by atoms with Gasteiger partial charge in [0.2, 0.25) is 0 Å². The lowest BCUT2D eigenvalue weighted by Gasteiger charge is -2.11. The van der Waals surface area contributed by atoms with Crippen molar-refractivity contribution < 1.29 is 13.2 Å². The summed E-state index contributed by atoms with van der Waals surface area (Å²) in [7, 11) is 0. The first kappa shape index (κ1) is 8.89. The van der Waals surface area contributed by atoms with Crippen molar-refractivity contribution in [3.05, 3.63) is 17.5 Å². The molecule has 6 heteroatoms. The Kier molecular flexibility index (Phi) is 1.99. The fourth-order valence-corrected chi connectivity index (χ4v) is 0.840. The molecule has 1 N–H and O–H groups in total. The molecule has 68 valence electrons. The largest absolute Gasteiger partial charge is 0.481 e. The molecule has 0 aliphatic carbocycles. The summed E-state index contributed by atoms with van der Waals surface area (Å²) >= 11 is 0. The minimum atomic E-state index is -4.27. The average Bonchev–Trinajstić information content (AvgIpc) is 2.06. The van der Waals surface area contributed by atoms with Crippen LogP contribution in [0.2, 0.25) is 0 Å². The van der Waals surface area contributed by atoms with Crippen LogP contribution in [0.4, 0.5) is 19.0 Å². The predicted octanol–water partition coefficient (Wildman–Crippen LogP) is 2.44. The molecular weight excluding hydrogens is 171 g/mol. The third kappa shape index (κ3) is 2.14. The topological polar surface area (TPSA) is 41.6 Å². The molecule has 0 aromatic carbocycles. The van der Waals surface area contributed by atoms with Gasteiger partial charge in [0.05, 0.1) is 0 Å². The van der Waals surface area contributed by atoms with Crippen LogP contribution in [0, 0.1) is 6.92 Å². The number of rotatable bonds is 1. The Morgan fingerprint density at radius 2 is 2.17 bits per heavy atom. The third-order valence-electron chi connectivity index (χ3n) is 1.31. The van der Waals surface area contributed by atoms with E-state index in [0.29, 0.717) is 5.69 Å². The number of aromatic nitrogens is 2. The quantitative estimate of drug-likeness (QED) is 0.651. The number of nitrogens with zero attached hydrogens (tertiary/aromatic N) is 2. The van der Waals surface area contributed by atoms with Gasteiger partial charge >= 0.3 is 6.18 Å². The molecule has 0 amide bonds. The standard InChI is InChI=1S/C6H7F3N3/c1-4-2-5(10)11-12(4)3-6(7,8)9/h2H,3H2,1H3,(H-,10,11)/q-1. The van der Waals surface area contributed by atoms with Crippen molar-refractivity contribution in [1.82, 2.24) is 9.78 Å². The molecule has 0 atom stereocenters. The van der Waals surface area contributed by atoms with Crippen molar-refractivity contribution in [2.45, 2.75) is 19.6 Å². The third-order valence-corrected chi connectivity index (χ3v) is 1.31. The number of halogens is 3. The normalized spacial score (nSPS) is 12.0. The van der Waals surface area contributed by atoms with E-state index in [0.717, 1.165) is 4.68 Å². The number of nitrogens with one attached hydrogen (secondary N) is 1. The Bertz CT molecular complexity index is 276. The van der Waals surface area contributed by atoms with Gasteiger partial charge in [-0.15, -0.1) is 0 Å². The van der Waals surface area contributed by atoms with E-state index in [1.54, 1.807) is 0 Å². The lowest BCUT2D eigenvalue weighted by molar-refractivity contribution is -0.142. The first-order chi connectivity index (χ1) is 5.38. The zero-order valence-electron chi connectivity index (χ0n) is 6.31. The van der Waals surface area contributed by atoms with Gasteiger partial charge in [0, 0.05) is 5.69 Å². The van der Waals surface area contributed by atoms with Crippen LogP contribution < -0.4 is 0 Å². The van der Waals surface area contributed by atoms with E-state index in [1.165, 1.54) is 13.0 Å². The van der Waals surface area contributed by atoms with Gasteiger partial charge in [-0.1, -0.05) is 0 Å². The van der Waals surface area contributed by atoms with Crippen molar-refractivity contribution in [2.24, 2.45) is 0 Å². The first-order valence-electron chi connectivity index (χ1n) is 3.21. The molecule has 1 heterocycles. The maximum atomic E-state index is 11.8. The maximum Gasteiger partial charge on any atom is 0.406 e. The Morgan fingerprint density at radius 3 is 2.50 bits per heavy atom. The number of hydrogen-bond acceptors (Lipinski definition) is 1. The second-order valence-corrected chi connectivity index (χ2v) is 2.44. The van der Waals surface area contributed by atoms with Crippen molar-refractivity contribution in [3.63, 3.8) is 0 Å². The van der Waals surface area contributed by atoms with Gasteiger partial charge in [-0.25, -0.2) is 0 Å². The molecule has 0 unspecified atom stereocenters. The summed E-state index contributed by atoms with van der Waals surface area (Å²) in [5.41, 5.74) is 7.31. The highest BCUT2D eigenvalue weighted by molar-refractivity contribution is 5.33. The number of aryl methyl sites for hydroxylation is 1. The van der Waals surface area contributed by atoms with Crippen LogP contribution in [0.25, 0.3) is 5.73 Å². The molecule has 1 aromatic rings. The minimum absolute atomic E-state index is 0.142. The molecule has 0 bridgehead atoms. The second-order valence-electron chi connectivity index (χ2n) is 2.44. The Labute approximate surface area is 67.0 Å². The van der Waals surface area contributed by atoms with Gasteiger partial charge in [0.15, 0.2) is 0 Å². The molecule has 3 nitrogen and oxygen atoms in total. The van der Waals surface area contributed by atoms with E-state index in [1.807, 2.05) is 0 Å². The van der Waals surface area contributed by atoms with Gasteiger partial charge in [-0.2, -0.15) is 13.2 Å². The fourth-order valence-electron chi connectivity index (χ4n) is 0.840. The number of hydrogen-bond donors (Lipinski definition) is 0. The van der Waals surface area contributed by atoms with Gasteiger partial charge in [-0.3, -0.25) is 0 Å². The number of alkyl halides is 3. The minimum Gasteiger partial charge on any atom is -0.481 e. The highest BCUT2D eigenvalue weighted by Crippen LogP contribution is 2.19. The van der Waals surface area contributed by atoms with Crippen molar-refractivity contribution in [2.75, 3.05) is 0 Å². The van der Waals surface area contributed by atoms with Crippen LogP contribution in [0.5, 0.6) is 0 Å². The molecule has 1 rings (SSSR count). The highest BCUT2D eigenvalue weighted by atomic mass is 19.4. The zero-order chi connectivity index (χ0) is 9.35. The van der Waals surface area contributed by atoms with E-state index in [9.17, 15) is 13.2 Å². The van der Waals surface area contributed by atoms with Crippen LogP contribution in [-0.2, 0) is 6.54 Å². The summed E-state index contributed by atoms with van der Waals surface area (Å²) < 4.78 is 36.2. The summed E-state index contributed by atoms with van der Waals surface area (Å²) in [6, 6.07) is 1.28. The van der Waals surface area contributed by atoms with Gasteiger partial charge in [0.1, 0.15) is 6.54 Å². The van der Waals surface area contributed by atoms with E-state index in [-0.39, 0.29) is 5.82 Å². The molecule has 0 radical (unpaired) electrons. The first-order valence-corrected chi connectivity index (χ1v) is 3.21. The molecule has 0 aliphatic rings.